The highest BCUT2D eigenvalue weighted by atomic mass is 32.2. The van der Waals surface area contributed by atoms with E-state index in [-0.39, 0.29) is 11.7 Å². The Hall–Kier alpha value is -2.60. The van der Waals surface area contributed by atoms with Gasteiger partial charge in [0.25, 0.3) is 0 Å². The maximum absolute atomic E-state index is 12.2. The quantitative estimate of drug-likeness (QED) is 0.450. The van der Waals surface area contributed by atoms with E-state index in [4.69, 9.17) is 4.74 Å². The summed E-state index contributed by atoms with van der Waals surface area (Å²) < 4.78 is 7.41. The summed E-state index contributed by atoms with van der Waals surface area (Å²) in [5.41, 5.74) is 3.74. The molecule has 5 nitrogen and oxygen atoms in total. The molecule has 0 aliphatic heterocycles. The van der Waals surface area contributed by atoms with Crippen molar-refractivity contribution in [2.24, 2.45) is 0 Å². The molecule has 0 aliphatic carbocycles. The van der Waals surface area contributed by atoms with Crippen LogP contribution in [0, 0.1) is 13.8 Å². The van der Waals surface area contributed by atoms with E-state index in [1.54, 1.807) is 0 Å². The van der Waals surface area contributed by atoms with Gasteiger partial charge in [-0.15, -0.1) is 10.2 Å². The number of esters is 1. The third kappa shape index (κ3) is 5.01. The molecule has 1 heterocycles. The molecule has 0 aliphatic rings. The number of hydrogen-bond acceptors (Lipinski definition) is 5. The van der Waals surface area contributed by atoms with Crippen molar-refractivity contribution in [3.8, 4) is 17.1 Å². The topological polar surface area (TPSA) is 57.0 Å². The molecule has 0 N–H and O–H groups in total. The zero-order valence-corrected chi connectivity index (χ0v) is 17.7. The van der Waals surface area contributed by atoms with Crippen LogP contribution in [-0.4, -0.2) is 32.1 Å². The second-order valence-electron chi connectivity index (χ2n) is 7.73. The lowest BCUT2D eigenvalue weighted by Gasteiger charge is -2.19. The molecular formula is C22H25N3O2S. The summed E-state index contributed by atoms with van der Waals surface area (Å²) in [6.07, 6.45) is 0. The Morgan fingerprint density at radius 2 is 1.71 bits per heavy atom. The SMILES string of the molecule is Cc1cccc(-c2nnc(SCC(=O)OC(C)(C)C)n2-c2cccc(C)c2)c1. The molecule has 28 heavy (non-hydrogen) atoms. The third-order valence-corrected chi connectivity index (χ3v) is 4.81. The summed E-state index contributed by atoms with van der Waals surface area (Å²) in [4.78, 5) is 12.2. The van der Waals surface area contributed by atoms with E-state index in [9.17, 15) is 4.79 Å². The van der Waals surface area contributed by atoms with Crippen molar-refractivity contribution in [2.75, 3.05) is 5.75 Å². The van der Waals surface area contributed by atoms with Crippen molar-refractivity contribution in [1.82, 2.24) is 14.8 Å². The largest absolute Gasteiger partial charge is 0.459 e. The average Bonchev–Trinajstić information content (AvgIpc) is 3.02. The van der Waals surface area contributed by atoms with Crippen molar-refractivity contribution in [3.63, 3.8) is 0 Å². The molecule has 0 bridgehead atoms. The molecule has 2 aromatic carbocycles. The number of aromatic nitrogens is 3. The maximum Gasteiger partial charge on any atom is 0.316 e. The highest BCUT2D eigenvalue weighted by Gasteiger charge is 2.20. The molecule has 0 radical (unpaired) electrons. The van der Waals surface area contributed by atoms with Gasteiger partial charge in [-0.2, -0.15) is 0 Å². The molecule has 0 fully saturated rings. The van der Waals surface area contributed by atoms with Crippen LogP contribution in [0.5, 0.6) is 0 Å². The molecule has 3 aromatic rings. The fourth-order valence-corrected chi connectivity index (χ4v) is 3.55. The van der Waals surface area contributed by atoms with E-state index >= 15 is 0 Å². The first kappa shape index (κ1) is 20.1. The van der Waals surface area contributed by atoms with E-state index in [0.29, 0.717) is 5.16 Å². The molecule has 0 saturated heterocycles. The number of benzene rings is 2. The van der Waals surface area contributed by atoms with Crippen LogP contribution in [0.3, 0.4) is 0 Å². The first-order chi connectivity index (χ1) is 13.2. The average molecular weight is 396 g/mol. The molecule has 0 amide bonds. The van der Waals surface area contributed by atoms with Crippen LogP contribution < -0.4 is 0 Å². The number of carbonyl (C=O) groups is 1. The highest BCUT2D eigenvalue weighted by molar-refractivity contribution is 7.99. The van der Waals surface area contributed by atoms with Crippen LogP contribution in [-0.2, 0) is 9.53 Å². The molecule has 146 valence electrons. The van der Waals surface area contributed by atoms with Gasteiger partial charge in [-0.3, -0.25) is 9.36 Å². The summed E-state index contributed by atoms with van der Waals surface area (Å²) in [5.74, 6) is 0.657. The van der Waals surface area contributed by atoms with Crippen molar-refractivity contribution < 1.29 is 9.53 Å². The monoisotopic (exact) mass is 395 g/mol. The lowest BCUT2D eigenvalue weighted by molar-refractivity contribution is -0.151. The molecule has 3 rings (SSSR count). The third-order valence-electron chi connectivity index (χ3n) is 3.91. The molecular weight excluding hydrogens is 370 g/mol. The number of hydrogen-bond donors (Lipinski definition) is 0. The van der Waals surface area contributed by atoms with Gasteiger partial charge in [-0.05, 0) is 58.4 Å². The molecule has 6 heteroatoms. The summed E-state index contributed by atoms with van der Waals surface area (Å²) >= 11 is 1.33. The zero-order valence-electron chi connectivity index (χ0n) is 16.9. The highest BCUT2D eigenvalue weighted by Crippen LogP contribution is 2.29. The van der Waals surface area contributed by atoms with Gasteiger partial charge in [0.15, 0.2) is 11.0 Å². The first-order valence-electron chi connectivity index (χ1n) is 9.17. The van der Waals surface area contributed by atoms with Gasteiger partial charge in [-0.1, -0.05) is 47.7 Å². The van der Waals surface area contributed by atoms with Crippen LogP contribution in [0.1, 0.15) is 31.9 Å². The second kappa shape index (κ2) is 8.19. The number of nitrogens with zero attached hydrogens (tertiary/aromatic N) is 3. The molecule has 0 unspecified atom stereocenters. The number of ether oxygens (including phenoxy) is 1. The predicted molar refractivity (Wildman–Crippen MR) is 113 cm³/mol. The Morgan fingerprint density at radius 3 is 2.36 bits per heavy atom. The summed E-state index contributed by atoms with van der Waals surface area (Å²) in [7, 11) is 0. The van der Waals surface area contributed by atoms with E-state index in [1.807, 2.05) is 62.6 Å². The van der Waals surface area contributed by atoms with E-state index in [1.165, 1.54) is 11.8 Å². The van der Waals surface area contributed by atoms with E-state index < -0.39 is 5.60 Å². The summed E-state index contributed by atoms with van der Waals surface area (Å²) in [6.45, 7) is 9.69. The van der Waals surface area contributed by atoms with E-state index in [2.05, 4.69) is 35.3 Å². The Morgan fingerprint density at radius 1 is 1.04 bits per heavy atom. The van der Waals surface area contributed by atoms with Crippen molar-refractivity contribution in [2.45, 2.75) is 45.4 Å². The van der Waals surface area contributed by atoms with Gasteiger partial charge < -0.3 is 4.74 Å². The van der Waals surface area contributed by atoms with Gasteiger partial charge >= 0.3 is 5.97 Å². The lowest BCUT2D eigenvalue weighted by Crippen LogP contribution is -2.25. The van der Waals surface area contributed by atoms with Gasteiger partial charge in [0.2, 0.25) is 0 Å². The fraction of sp³-hybridized carbons (Fsp3) is 0.318. The first-order valence-corrected chi connectivity index (χ1v) is 10.2. The molecule has 0 saturated carbocycles. The maximum atomic E-state index is 12.2. The van der Waals surface area contributed by atoms with Crippen LogP contribution in [0.4, 0.5) is 0 Å². The second-order valence-corrected chi connectivity index (χ2v) is 8.67. The van der Waals surface area contributed by atoms with Crippen molar-refractivity contribution in [1.29, 1.82) is 0 Å². The number of thioether (sulfide) groups is 1. The predicted octanol–water partition coefficient (Wildman–Crippen LogP) is 4.98. The Balaban J connectivity index is 1.98. The Kier molecular flexibility index (Phi) is 5.89. The van der Waals surface area contributed by atoms with Crippen molar-refractivity contribution >= 4 is 17.7 Å². The van der Waals surface area contributed by atoms with Gasteiger partial charge in [0.05, 0.1) is 5.75 Å². The minimum absolute atomic E-state index is 0.176. The zero-order chi connectivity index (χ0) is 20.3. The molecule has 1 aromatic heterocycles. The Bertz CT molecular complexity index is 989. The fourth-order valence-electron chi connectivity index (χ4n) is 2.83. The van der Waals surface area contributed by atoms with Crippen molar-refractivity contribution in [3.05, 3.63) is 59.7 Å². The van der Waals surface area contributed by atoms with Gasteiger partial charge in [0.1, 0.15) is 5.60 Å². The number of carbonyl (C=O) groups excluding carboxylic acids is 1. The Labute approximate surface area is 170 Å². The summed E-state index contributed by atoms with van der Waals surface area (Å²) in [5, 5.41) is 9.45. The minimum Gasteiger partial charge on any atom is -0.459 e. The smallest absolute Gasteiger partial charge is 0.316 e. The van der Waals surface area contributed by atoms with Crippen LogP contribution in [0.25, 0.3) is 17.1 Å². The minimum atomic E-state index is -0.505. The summed E-state index contributed by atoms with van der Waals surface area (Å²) in [6, 6.07) is 16.3. The number of rotatable bonds is 5. The molecule has 0 spiro atoms. The van der Waals surface area contributed by atoms with E-state index in [0.717, 1.165) is 28.2 Å². The molecule has 0 atom stereocenters. The lowest BCUT2D eigenvalue weighted by atomic mass is 10.1. The van der Waals surface area contributed by atoms with Crippen LogP contribution in [0.2, 0.25) is 0 Å². The van der Waals surface area contributed by atoms with Crippen LogP contribution in [0.15, 0.2) is 53.7 Å². The number of aryl methyl sites for hydroxylation is 2. The van der Waals surface area contributed by atoms with Gasteiger partial charge in [0, 0.05) is 11.3 Å². The standard InChI is InChI=1S/C22H25N3O2S/c1-15-8-6-10-17(12-15)20-23-24-21(28-14-19(26)27-22(3,4)5)25(20)18-11-7-9-16(2)13-18/h6-13H,14H2,1-5H3. The van der Waals surface area contributed by atoms with Crippen LogP contribution >= 0.6 is 11.8 Å². The normalized spacial score (nSPS) is 11.5. The van der Waals surface area contributed by atoms with Gasteiger partial charge in [-0.25, -0.2) is 0 Å².